The van der Waals surface area contributed by atoms with E-state index >= 15 is 0 Å². The fourth-order valence-corrected chi connectivity index (χ4v) is 10.9. The zero-order valence-corrected chi connectivity index (χ0v) is 36.6. The van der Waals surface area contributed by atoms with Gasteiger partial charge in [-0.25, -0.2) is 9.97 Å². The Bertz CT molecular complexity index is 3860. The summed E-state index contributed by atoms with van der Waals surface area (Å²) in [6.45, 7) is 6.25. The van der Waals surface area contributed by atoms with Crippen LogP contribution in [0.5, 0.6) is 0 Å². The lowest BCUT2D eigenvalue weighted by atomic mass is 9.90. The number of thiophene rings is 1. The molecular weight excluding hydrogens is 807 g/mol. The number of para-hydroxylation sites is 1. The van der Waals surface area contributed by atoms with E-state index in [2.05, 4.69) is 224 Å². The van der Waals surface area contributed by atoms with Crippen molar-refractivity contribution < 1.29 is 0 Å². The quantitative estimate of drug-likeness (QED) is 0.143. The number of allylic oxidation sites excluding steroid dienone is 2. The van der Waals surface area contributed by atoms with Crippen molar-refractivity contribution >= 4 is 70.2 Å². The van der Waals surface area contributed by atoms with Crippen LogP contribution in [0.25, 0.3) is 121 Å². The highest BCUT2D eigenvalue weighted by molar-refractivity contribution is 7.26. The van der Waals surface area contributed by atoms with Gasteiger partial charge in [-0.05, 0) is 99.6 Å². The minimum Gasteiger partial charge on any atom is -0.309 e. The second-order valence-electron chi connectivity index (χ2n) is 16.6. The molecular formula is C61H41N3S. The first-order valence-corrected chi connectivity index (χ1v) is 22.8. The van der Waals surface area contributed by atoms with Crippen LogP contribution in [0.15, 0.2) is 219 Å². The molecule has 0 unspecified atom stereocenters. The van der Waals surface area contributed by atoms with Gasteiger partial charge in [-0.15, -0.1) is 11.3 Å². The molecule has 3 nitrogen and oxygen atoms in total. The third-order valence-electron chi connectivity index (χ3n) is 12.8. The van der Waals surface area contributed by atoms with E-state index < -0.39 is 0 Å². The van der Waals surface area contributed by atoms with Crippen molar-refractivity contribution in [3.8, 4) is 61.8 Å². The van der Waals surface area contributed by atoms with Crippen molar-refractivity contribution in [3.05, 3.63) is 230 Å². The molecule has 12 rings (SSSR count). The normalized spacial score (nSPS) is 11.8. The van der Waals surface area contributed by atoms with Crippen LogP contribution in [0, 0.1) is 6.92 Å². The topological polar surface area (TPSA) is 30.7 Å². The van der Waals surface area contributed by atoms with E-state index in [4.69, 9.17) is 9.97 Å². The molecule has 0 radical (unpaired) electrons. The smallest absolute Gasteiger partial charge is 0.160 e. The lowest BCUT2D eigenvalue weighted by molar-refractivity contribution is 1.16. The molecule has 0 aliphatic heterocycles. The first-order valence-electron chi connectivity index (χ1n) is 22.0. The molecule has 9 aromatic carbocycles. The zero-order chi connectivity index (χ0) is 43.4. The highest BCUT2D eigenvalue weighted by Crippen LogP contribution is 2.43. The molecule has 0 atom stereocenters. The highest BCUT2D eigenvalue weighted by Gasteiger charge is 2.20. The average Bonchev–Trinajstić information content (AvgIpc) is 3.92. The monoisotopic (exact) mass is 847 g/mol. The standard InChI is InChI=1S/C61H41N3S/c1-3-4-23-47-39(2)54(36-43-22-11-12-24-48(43)47)44-33-45(35-46(34-44)64-57-29-15-13-25-49(57)50-32-31-42(37-58(50)64)40-18-7-5-8-19-40)61-62-55(41-20-9-6-10-21-41)38-56(63-61)53-28-17-27-52-51-26-14-16-30-59(51)65-60(52)53/h3-38H,1H2,2H3/b23-4-. The van der Waals surface area contributed by atoms with Crippen LogP contribution in [0.1, 0.15) is 11.1 Å². The summed E-state index contributed by atoms with van der Waals surface area (Å²) in [5, 5.41) is 7.29. The Hall–Kier alpha value is -8.18. The van der Waals surface area contributed by atoms with Crippen LogP contribution in [0.2, 0.25) is 0 Å². The maximum atomic E-state index is 5.55. The molecule has 0 N–H and O–H groups in total. The molecule has 0 aliphatic carbocycles. The summed E-state index contributed by atoms with van der Waals surface area (Å²) in [5.41, 5.74) is 15.1. The van der Waals surface area contributed by atoms with Crippen LogP contribution >= 0.6 is 11.3 Å². The maximum absolute atomic E-state index is 5.55. The Morgan fingerprint density at radius 1 is 0.477 bits per heavy atom. The van der Waals surface area contributed by atoms with Crippen LogP contribution in [-0.2, 0) is 0 Å². The van der Waals surface area contributed by atoms with Gasteiger partial charge in [-0.1, -0.05) is 176 Å². The van der Waals surface area contributed by atoms with Gasteiger partial charge in [0, 0.05) is 53.3 Å². The maximum Gasteiger partial charge on any atom is 0.160 e. The predicted molar refractivity (Wildman–Crippen MR) is 278 cm³/mol. The Labute approximate surface area is 381 Å². The van der Waals surface area contributed by atoms with Gasteiger partial charge >= 0.3 is 0 Å². The van der Waals surface area contributed by atoms with Crippen LogP contribution in [-0.4, -0.2) is 14.5 Å². The van der Waals surface area contributed by atoms with E-state index in [0.717, 1.165) is 55.9 Å². The predicted octanol–water partition coefficient (Wildman–Crippen LogP) is 16.9. The highest BCUT2D eigenvalue weighted by atomic mass is 32.1. The summed E-state index contributed by atoms with van der Waals surface area (Å²) in [6, 6.07) is 72.1. The van der Waals surface area contributed by atoms with Gasteiger partial charge in [0.1, 0.15) is 0 Å². The Kier molecular flexibility index (Phi) is 9.40. The van der Waals surface area contributed by atoms with Gasteiger partial charge in [0.2, 0.25) is 0 Å². The van der Waals surface area contributed by atoms with E-state index in [1.165, 1.54) is 64.0 Å². The molecule has 0 amide bonds. The zero-order valence-electron chi connectivity index (χ0n) is 35.7. The molecule has 4 heteroatoms. The third-order valence-corrected chi connectivity index (χ3v) is 14.0. The van der Waals surface area contributed by atoms with Gasteiger partial charge in [0.15, 0.2) is 5.82 Å². The minimum atomic E-state index is 0.665. The van der Waals surface area contributed by atoms with Crippen LogP contribution < -0.4 is 0 Å². The number of hydrogen-bond acceptors (Lipinski definition) is 3. The van der Waals surface area contributed by atoms with E-state index in [-0.39, 0.29) is 0 Å². The summed E-state index contributed by atoms with van der Waals surface area (Å²) >= 11 is 1.82. The van der Waals surface area contributed by atoms with E-state index in [0.29, 0.717) is 5.82 Å². The third kappa shape index (κ3) is 6.66. The number of fused-ring (bicyclic) bond motifs is 7. The summed E-state index contributed by atoms with van der Waals surface area (Å²) in [7, 11) is 0. The van der Waals surface area contributed by atoms with E-state index in [1.54, 1.807) is 0 Å². The molecule has 0 bridgehead atoms. The van der Waals surface area contributed by atoms with E-state index in [9.17, 15) is 0 Å². The lowest BCUT2D eigenvalue weighted by Crippen LogP contribution is -2.00. The second-order valence-corrected chi connectivity index (χ2v) is 17.7. The molecule has 0 saturated heterocycles. The van der Waals surface area contributed by atoms with Crippen molar-refractivity contribution in [2.75, 3.05) is 0 Å². The average molecular weight is 848 g/mol. The lowest BCUT2D eigenvalue weighted by Gasteiger charge is -2.18. The van der Waals surface area contributed by atoms with Crippen LogP contribution in [0.4, 0.5) is 0 Å². The number of rotatable bonds is 8. The van der Waals surface area contributed by atoms with Crippen molar-refractivity contribution in [2.45, 2.75) is 6.92 Å². The molecule has 12 aromatic rings. The van der Waals surface area contributed by atoms with Crippen molar-refractivity contribution in [1.29, 1.82) is 0 Å². The molecule has 0 aliphatic rings. The van der Waals surface area contributed by atoms with Gasteiger partial charge in [-0.2, -0.15) is 0 Å². The molecule has 3 heterocycles. The van der Waals surface area contributed by atoms with Gasteiger partial charge in [0.25, 0.3) is 0 Å². The number of aromatic nitrogens is 3. The number of nitrogens with zero attached hydrogens (tertiary/aromatic N) is 3. The number of benzene rings is 9. The first kappa shape index (κ1) is 38.5. The molecule has 0 saturated carbocycles. The van der Waals surface area contributed by atoms with Crippen molar-refractivity contribution in [2.24, 2.45) is 0 Å². The van der Waals surface area contributed by atoms with Gasteiger partial charge in [0.05, 0.1) is 22.4 Å². The second kappa shape index (κ2) is 15.9. The fourth-order valence-electron chi connectivity index (χ4n) is 9.66. The van der Waals surface area contributed by atoms with Crippen molar-refractivity contribution in [3.63, 3.8) is 0 Å². The summed E-state index contributed by atoms with van der Waals surface area (Å²) < 4.78 is 4.91. The van der Waals surface area contributed by atoms with Gasteiger partial charge in [-0.3, -0.25) is 0 Å². The molecule has 306 valence electrons. The summed E-state index contributed by atoms with van der Waals surface area (Å²) in [6.07, 6.45) is 6.06. The van der Waals surface area contributed by atoms with Crippen LogP contribution in [0.3, 0.4) is 0 Å². The Balaban J connectivity index is 1.17. The fraction of sp³-hybridized carbons (Fsp3) is 0.0164. The van der Waals surface area contributed by atoms with E-state index in [1.807, 2.05) is 23.5 Å². The summed E-state index contributed by atoms with van der Waals surface area (Å²) in [4.78, 5) is 11.0. The first-order chi connectivity index (χ1) is 32.1. The number of hydrogen-bond donors (Lipinski definition) is 0. The molecule has 65 heavy (non-hydrogen) atoms. The Morgan fingerprint density at radius 3 is 1.98 bits per heavy atom. The molecule has 3 aromatic heterocycles. The summed E-state index contributed by atoms with van der Waals surface area (Å²) in [5.74, 6) is 0.665. The van der Waals surface area contributed by atoms with Crippen molar-refractivity contribution in [1.82, 2.24) is 14.5 Å². The minimum absolute atomic E-state index is 0.665. The Morgan fingerprint density at radius 2 is 1.15 bits per heavy atom. The largest absolute Gasteiger partial charge is 0.309 e. The van der Waals surface area contributed by atoms with Gasteiger partial charge < -0.3 is 4.57 Å². The molecule has 0 fully saturated rings. The molecule has 0 spiro atoms. The SMILES string of the molecule is C=C/C=C\c1c(C)c(-c2cc(-c3nc(-c4ccccc4)cc(-c4cccc5c4sc4ccccc45)n3)cc(-n3c4ccccc4c4ccc(-c5ccccc5)cc43)c2)cc2ccccc12.